The molecule has 8 heteroatoms. The lowest BCUT2D eigenvalue weighted by atomic mass is 10.2. The first kappa shape index (κ1) is 19.3. The predicted octanol–water partition coefficient (Wildman–Crippen LogP) is 2.38. The molecule has 140 valence electrons. The Bertz CT molecular complexity index is 807. The second kappa shape index (κ2) is 7.90. The maximum absolute atomic E-state index is 12.6. The Morgan fingerprint density at radius 3 is 2.19 bits per heavy atom. The first-order chi connectivity index (χ1) is 12.3. The van der Waals surface area contributed by atoms with Gasteiger partial charge in [0.2, 0.25) is 5.91 Å². The minimum Gasteiger partial charge on any atom is -0.493 e. The molecule has 0 spiro atoms. The fourth-order valence-corrected chi connectivity index (χ4v) is 2.78. The van der Waals surface area contributed by atoms with Crippen LogP contribution in [0.2, 0.25) is 0 Å². The topological polar surface area (TPSA) is 95.9 Å². The van der Waals surface area contributed by atoms with Crippen LogP contribution < -0.4 is 14.8 Å². The maximum Gasteiger partial charge on any atom is 0.357 e. The van der Waals surface area contributed by atoms with Crippen LogP contribution in [0, 0.1) is 0 Å². The number of amides is 1. The fraction of sp³-hybridized carbons (Fsp3) is 0.389. The number of hydrogen-bond acceptors (Lipinski definition) is 6. The Morgan fingerprint density at radius 1 is 1.08 bits per heavy atom. The quantitative estimate of drug-likeness (QED) is 0.760. The third-order valence-corrected chi connectivity index (χ3v) is 3.72. The molecule has 1 aromatic carbocycles. The van der Waals surface area contributed by atoms with Gasteiger partial charge in [-0.05, 0) is 19.9 Å². The van der Waals surface area contributed by atoms with E-state index in [9.17, 15) is 14.4 Å². The summed E-state index contributed by atoms with van der Waals surface area (Å²) in [6, 6.07) is 3.31. The van der Waals surface area contributed by atoms with Gasteiger partial charge < -0.3 is 24.1 Å². The van der Waals surface area contributed by atoms with E-state index in [1.54, 1.807) is 19.1 Å². The number of hydrogen-bond donors (Lipinski definition) is 1. The molecule has 0 aliphatic heterocycles. The number of carbonyl (C=O) groups excluding carboxylic acids is 3. The zero-order chi connectivity index (χ0) is 19.4. The van der Waals surface area contributed by atoms with Gasteiger partial charge in [-0.15, -0.1) is 0 Å². The summed E-state index contributed by atoms with van der Waals surface area (Å²) in [5.41, 5.74) is 0.917. The highest BCUT2D eigenvalue weighted by Gasteiger charge is 2.27. The van der Waals surface area contributed by atoms with Gasteiger partial charge >= 0.3 is 5.97 Å². The normalized spacial score (nSPS) is 10.5. The zero-order valence-corrected chi connectivity index (χ0v) is 15.5. The van der Waals surface area contributed by atoms with E-state index in [4.69, 9.17) is 14.2 Å². The standard InChI is InChI=1S/C18H22N2O6/c1-6-26-18(23)17-16(19-11(3)22)12-7-14(24-4)15(25-5)8-13(12)20(17)9-10(2)21/h7-8H,6,9H2,1-5H3,(H,19,22). The highest BCUT2D eigenvalue weighted by Crippen LogP contribution is 2.39. The number of aromatic nitrogens is 1. The number of nitrogens with zero attached hydrogens (tertiary/aromatic N) is 1. The van der Waals surface area contributed by atoms with Crippen LogP contribution in [-0.4, -0.2) is 43.1 Å². The van der Waals surface area contributed by atoms with Crippen molar-refractivity contribution in [3.05, 3.63) is 17.8 Å². The van der Waals surface area contributed by atoms with Crippen LogP contribution >= 0.6 is 0 Å². The third-order valence-electron chi connectivity index (χ3n) is 3.72. The molecule has 26 heavy (non-hydrogen) atoms. The number of Topliss-reactive ketones (excluding diaryl/α,β-unsaturated/α-hetero) is 1. The summed E-state index contributed by atoms with van der Waals surface area (Å²) in [6.45, 7) is 4.54. The zero-order valence-electron chi connectivity index (χ0n) is 15.5. The number of esters is 1. The van der Waals surface area contributed by atoms with Crippen LogP contribution in [0.1, 0.15) is 31.3 Å². The number of methoxy groups -OCH3 is 2. The Hall–Kier alpha value is -3.03. The first-order valence-corrected chi connectivity index (χ1v) is 8.06. The van der Waals surface area contributed by atoms with E-state index < -0.39 is 5.97 Å². The Kier molecular flexibility index (Phi) is 5.86. The number of ketones is 1. The number of nitrogens with one attached hydrogen (secondary N) is 1. The predicted molar refractivity (Wildman–Crippen MR) is 96.0 cm³/mol. The van der Waals surface area contributed by atoms with Gasteiger partial charge in [0, 0.05) is 18.4 Å². The summed E-state index contributed by atoms with van der Waals surface area (Å²) in [4.78, 5) is 36.0. The SMILES string of the molecule is CCOC(=O)c1c(NC(C)=O)c2cc(OC)c(OC)cc2n1CC(C)=O. The van der Waals surface area contributed by atoms with Gasteiger partial charge in [0.15, 0.2) is 17.2 Å². The number of fused-ring (bicyclic) bond motifs is 1. The summed E-state index contributed by atoms with van der Waals surface area (Å²) in [5, 5.41) is 3.21. The van der Waals surface area contributed by atoms with Crippen molar-refractivity contribution in [3.8, 4) is 11.5 Å². The molecule has 0 saturated carbocycles. The molecule has 0 aliphatic rings. The molecule has 8 nitrogen and oxygen atoms in total. The summed E-state index contributed by atoms with van der Waals surface area (Å²) in [5.74, 6) is -0.274. The van der Waals surface area contributed by atoms with Crippen molar-refractivity contribution >= 4 is 34.3 Å². The van der Waals surface area contributed by atoms with Gasteiger partial charge in [-0.3, -0.25) is 9.59 Å². The van der Waals surface area contributed by atoms with E-state index in [1.807, 2.05) is 0 Å². The summed E-state index contributed by atoms with van der Waals surface area (Å²) in [6.07, 6.45) is 0. The largest absolute Gasteiger partial charge is 0.493 e. The third kappa shape index (κ3) is 3.63. The average molecular weight is 362 g/mol. The fourth-order valence-electron chi connectivity index (χ4n) is 2.78. The van der Waals surface area contributed by atoms with E-state index in [0.717, 1.165) is 0 Å². The lowest BCUT2D eigenvalue weighted by Crippen LogP contribution is -2.18. The highest BCUT2D eigenvalue weighted by atomic mass is 16.5. The van der Waals surface area contributed by atoms with E-state index in [0.29, 0.717) is 22.4 Å². The maximum atomic E-state index is 12.6. The lowest BCUT2D eigenvalue weighted by Gasteiger charge is -2.10. The minimum atomic E-state index is -0.633. The van der Waals surface area contributed by atoms with E-state index >= 15 is 0 Å². The van der Waals surface area contributed by atoms with Gasteiger partial charge in [-0.25, -0.2) is 4.79 Å². The average Bonchev–Trinajstić information content (AvgIpc) is 2.85. The second-order valence-corrected chi connectivity index (χ2v) is 5.64. The molecule has 1 heterocycles. The van der Waals surface area contributed by atoms with Gasteiger partial charge in [-0.1, -0.05) is 0 Å². The Balaban J connectivity index is 2.90. The molecule has 2 rings (SSSR count). The van der Waals surface area contributed by atoms with Crippen LogP contribution in [0.4, 0.5) is 5.69 Å². The van der Waals surface area contributed by atoms with Crippen molar-refractivity contribution in [2.75, 3.05) is 26.1 Å². The van der Waals surface area contributed by atoms with Gasteiger partial charge in [0.25, 0.3) is 0 Å². The van der Waals surface area contributed by atoms with E-state index in [2.05, 4.69) is 5.32 Å². The highest BCUT2D eigenvalue weighted by molar-refractivity contribution is 6.12. The van der Waals surface area contributed by atoms with Crippen LogP contribution in [0.15, 0.2) is 12.1 Å². The molecule has 0 bridgehead atoms. The molecule has 1 aromatic heterocycles. The number of carbonyl (C=O) groups is 3. The Morgan fingerprint density at radius 2 is 1.69 bits per heavy atom. The van der Waals surface area contributed by atoms with Crippen molar-refractivity contribution in [1.29, 1.82) is 0 Å². The molecular formula is C18H22N2O6. The van der Waals surface area contributed by atoms with Crippen molar-refractivity contribution in [3.63, 3.8) is 0 Å². The van der Waals surface area contributed by atoms with Crippen LogP contribution in [0.5, 0.6) is 11.5 Å². The van der Waals surface area contributed by atoms with Crippen LogP contribution in [0.25, 0.3) is 10.9 Å². The van der Waals surface area contributed by atoms with Gasteiger partial charge in [0.1, 0.15) is 5.78 Å². The number of rotatable bonds is 7. The number of benzene rings is 1. The van der Waals surface area contributed by atoms with Gasteiger partial charge in [0.05, 0.1) is 38.6 Å². The molecule has 1 amide bonds. The molecule has 1 N–H and O–H groups in total. The molecule has 0 fully saturated rings. The van der Waals surface area contributed by atoms with E-state index in [-0.39, 0.29) is 36.2 Å². The molecule has 0 saturated heterocycles. The van der Waals surface area contributed by atoms with Gasteiger partial charge in [-0.2, -0.15) is 0 Å². The van der Waals surface area contributed by atoms with Crippen molar-refractivity contribution in [2.24, 2.45) is 0 Å². The smallest absolute Gasteiger partial charge is 0.357 e. The van der Waals surface area contributed by atoms with Crippen LogP contribution in [-0.2, 0) is 20.9 Å². The molecule has 0 unspecified atom stereocenters. The molecular weight excluding hydrogens is 340 g/mol. The molecule has 0 aliphatic carbocycles. The number of anilines is 1. The first-order valence-electron chi connectivity index (χ1n) is 8.06. The van der Waals surface area contributed by atoms with Crippen molar-refractivity contribution in [2.45, 2.75) is 27.3 Å². The molecule has 0 atom stereocenters. The molecule has 0 radical (unpaired) electrons. The molecule has 2 aromatic rings. The summed E-state index contributed by atoms with van der Waals surface area (Å²) < 4.78 is 17.3. The Labute approximate surface area is 151 Å². The lowest BCUT2D eigenvalue weighted by molar-refractivity contribution is -0.117. The van der Waals surface area contributed by atoms with Crippen molar-refractivity contribution < 1.29 is 28.6 Å². The summed E-state index contributed by atoms with van der Waals surface area (Å²) in [7, 11) is 2.98. The second-order valence-electron chi connectivity index (χ2n) is 5.64. The number of ether oxygens (including phenoxy) is 3. The minimum absolute atomic E-state index is 0.0558. The monoisotopic (exact) mass is 362 g/mol. The van der Waals surface area contributed by atoms with E-state index in [1.165, 1.54) is 32.6 Å². The van der Waals surface area contributed by atoms with Crippen LogP contribution in [0.3, 0.4) is 0 Å². The van der Waals surface area contributed by atoms with Crippen molar-refractivity contribution in [1.82, 2.24) is 4.57 Å². The summed E-state index contributed by atoms with van der Waals surface area (Å²) >= 11 is 0.